The van der Waals surface area contributed by atoms with Crippen molar-refractivity contribution in [3.8, 4) is 0 Å². The van der Waals surface area contributed by atoms with Gasteiger partial charge in [0.05, 0.1) is 0 Å². The van der Waals surface area contributed by atoms with Crippen LogP contribution in [0.25, 0.3) is 0 Å². The molecule has 18 heavy (non-hydrogen) atoms. The molecule has 1 heterocycles. The Morgan fingerprint density at radius 2 is 1.78 bits per heavy atom. The lowest BCUT2D eigenvalue weighted by Crippen LogP contribution is -2.30. The highest BCUT2D eigenvalue weighted by molar-refractivity contribution is 5.24. The summed E-state index contributed by atoms with van der Waals surface area (Å²) >= 11 is 0. The van der Waals surface area contributed by atoms with Gasteiger partial charge in [0, 0.05) is 12.1 Å². The number of rotatable bonds is 6. The summed E-state index contributed by atoms with van der Waals surface area (Å²) < 4.78 is 11.1. The molecular weight excluding hydrogens is 230 g/mol. The molecule has 1 rings (SSSR count). The summed E-state index contributed by atoms with van der Waals surface area (Å²) in [6.45, 7) is 12.9. The molecule has 1 N–H and O–H groups in total. The Morgan fingerprint density at radius 1 is 1.17 bits per heavy atom. The average Bonchev–Trinajstić information content (AvgIpc) is 2.72. The van der Waals surface area contributed by atoms with E-state index in [2.05, 4.69) is 29.3 Å². The van der Waals surface area contributed by atoms with E-state index in [1.54, 1.807) is 0 Å². The third kappa shape index (κ3) is 3.45. The smallest absolute Gasteiger partial charge is 0.321 e. The summed E-state index contributed by atoms with van der Waals surface area (Å²) in [5, 5.41) is 7.23. The van der Waals surface area contributed by atoms with Gasteiger partial charge in [-0.15, -0.1) is 0 Å². The summed E-state index contributed by atoms with van der Waals surface area (Å²) in [6.07, 6.45) is 1.65. The molecule has 0 aromatic carbocycles. The van der Waals surface area contributed by atoms with E-state index in [0.717, 1.165) is 12.8 Å². The molecule has 1 aromatic rings. The van der Waals surface area contributed by atoms with E-state index >= 15 is 0 Å². The van der Waals surface area contributed by atoms with Gasteiger partial charge in [-0.1, -0.05) is 19.0 Å². The summed E-state index contributed by atoms with van der Waals surface area (Å²) in [5.74, 6) is 0.626. The summed E-state index contributed by atoms with van der Waals surface area (Å²) in [7, 11) is 0. The van der Waals surface area contributed by atoms with Gasteiger partial charge in [-0.2, -0.15) is 4.98 Å². The Morgan fingerprint density at radius 3 is 2.22 bits per heavy atom. The SMILES string of the molecule is CCOC(CC)(CC)c1noc(NC(C)(C)C)n1. The summed E-state index contributed by atoms with van der Waals surface area (Å²) in [4.78, 5) is 4.41. The first-order valence-electron chi connectivity index (χ1n) is 6.63. The van der Waals surface area contributed by atoms with Gasteiger partial charge in [0.1, 0.15) is 5.60 Å². The number of nitrogens with one attached hydrogen (secondary N) is 1. The minimum Gasteiger partial charge on any atom is -0.367 e. The van der Waals surface area contributed by atoms with E-state index in [0.29, 0.717) is 18.4 Å². The molecule has 0 amide bonds. The fraction of sp³-hybridized carbons (Fsp3) is 0.846. The normalized spacial score (nSPS) is 12.8. The Kier molecular flexibility index (Phi) is 4.73. The molecule has 0 unspecified atom stereocenters. The standard InChI is InChI=1S/C13H25N3O2/c1-7-13(8-2,17-9-3)10-14-11(18-16-10)15-12(4,5)6/h7-9H2,1-6H3,(H,14,15,16). The van der Waals surface area contributed by atoms with Gasteiger partial charge >= 0.3 is 6.01 Å². The molecule has 0 atom stereocenters. The average molecular weight is 255 g/mol. The molecule has 0 saturated carbocycles. The molecule has 0 spiro atoms. The van der Waals surface area contributed by atoms with Gasteiger partial charge in [-0.3, -0.25) is 0 Å². The zero-order chi connectivity index (χ0) is 13.8. The maximum atomic E-state index is 5.84. The van der Waals surface area contributed by atoms with Crippen LogP contribution in [0.1, 0.15) is 60.2 Å². The second kappa shape index (κ2) is 5.69. The number of ether oxygens (including phenoxy) is 1. The zero-order valence-electron chi connectivity index (χ0n) is 12.3. The van der Waals surface area contributed by atoms with Gasteiger partial charge in [-0.25, -0.2) is 0 Å². The van der Waals surface area contributed by atoms with Crippen LogP contribution >= 0.6 is 0 Å². The van der Waals surface area contributed by atoms with Crippen LogP contribution in [0.4, 0.5) is 6.01 Å². The zero-order valence-corrected chi connectivity index (χ0v) is 12.3. The van der Waals surface area contributed by atoms with Crippen LogP contribution in [0.5, 0.6) is 0 Å². The van der Waals surface area contributed by atoms with Gasteiger partial charge in [0.2, 0.25) is 5.82 Å². The maximum Gasteiger partial charge on any atom is 0.321 e. The van der Waals surface area contributed by atoms with E-state index < -0.39 is 5.60 Å². The van der Waals surface area contributed by atoms with E-state index in [1.165, 1.54) is 0 Å². The van der Waals surface area contributed by atoms with Crippen LogP contribution in [-0.4, -0.2) is 22.3 Å². The molecule has 5 nitrogen and oxygen atoms in total. The number of aromatic nitrogens is 2. The van der Waals surface area contributed by atoms with Crippen LogP contribution in [0.3, 0.4) is 0 Å². The number of hydrogen-bond donors (Lipinski definition) is 1. The minimum atomic E-state index is -0.434. The molecule has 0 radical (unpaired) electrons. The second-order valence-corrected chi connectivity index (χ2v) is 5.43. The third-order valence-electron chi connectivity index (χ3n) is 2.88. The Bertz CT molecular complexity index is 365. The first-order valence-corrected chi connectivity index (χ1v) is 6.63. The van der Waals surface area contributed by atoms with E-state index in [1.807, 2.05) is 27.7 Å². The van der Waals surface area contributed by atoms with E-state index in [9.17, 15) is 0 Å². The maximum absolute atomic E-state index is 5.84. The van der Waals surface area contributed by atoms with E-state index in [4.69, 9.17) is 9.26 Å². The van der Waals surface area contributed by atoms with Crippen molar-refractivity contribution >= 4 is 6.01 Å². The molecule has 0 saturated heterocycles. The minimum absolute atomic E-state index is 0.101. The lowest BCUT2D eigenvalue weighted by molar-refractivity contribution is -0.0583. The first-order chi connectivity index (χ1) is 8.37. The van der Waals surface area contributed by atoms with Crippen molar-refractivity contribution in [2.24, 2.45) is 0 Å². The summed E-state index contributed by atoms with van der Waals surface area (Å²) in [6, 6.07) is 0.448. The van der Waals surface area contributed by atoms with Crippen molar-refractivity contribution in [3.63, 3.8) is 0 Å². The molecule has 5 heteroatoms. The van der Waals surface area contributed by atoms with Gasteiger partial charge in [0.25, 0.3) is 0 Å². The lowest BCUT2D eigenvalue weighted by atomic mass is 9.96. The number of nitrogens with zero attached hydrogens (tertiary/aromatic N) is 2. The molecule has 1 aromatic heterocycles. The monoisotopic (exact) mass is 255 g/mol. The first kappa shape index (κ1) is 15.0. The van der Waals surface area contributed by atoms with Gasteiger partial charge in [-0.05, 0) is 40.5 Å². The molecule has 0 bridgehead atoms. The lowest BCUT2D eigenvalue weighted by Gasteiger charge is -2.27. The molecule has 0 aliphatic rings. The van der Waals surface area contributed by atoms with Gasteiger partial charge in [0.15, 0.2) is 0 Å². The third-order valence-corrected chi connectivity index (χ3v) is 2.88. The van der Waals surface area contributed by atoms with Crippen molar-refractivity contribution in [1.82, 2.24) is 10.1 Å². The van der Waals surface area contributed by atoms with E-state index in [-0.39, 0.29) is 5.54 Å². The molecule has 0 aliphatic heterocycles. The number of anilines is 1. The van der Waals surface area contributed by atoms with Crippen LogP contribution in [0.15, 0.2) is 4.52 Å². The predicted molar refractivity (Wildman–Crippen MR) is 71.6 cm³/mol. The highest BCUT2D eigenvalue weighted by Crippen LogP contribution is 2.31. The van der Waals surface area contributed by atoms with Crippen LogP contribution in [0.2, 0.25) is 0 Å². The summed E-state index contributed by atoms with van der Waals surface area (Å²) in [5.41, 5.74) is -0.535. The van der Waals surface area contributed by atoms with Gasteiger partial charge < -0.3 is 14.6 Å². The van der Waals surface area contributed by atoms with Crippen LogP contribution in [0, 0.1) is 0 Å². The van der Waals surface area contributed by atoms with Crippen molar-refractivity contribution in [1.29, 1.82) is 0 Å². The molecule has 104 valence electrons. The molecule has 0 fully saturated rings. The highest BCUT2D eigenvalue weighted by atomic mass is 16.5. The fourth-order valence-corrected chi connectivity index (χ4v) is 1.89. The van der Waals surface area contributed by atoms with Crippen LogP contribution in [-0.2, 0) is 10.3 Å². The van der Waals surface area contributed by atoms with Crippen molar-refractivity contribution in [2.75, 3.05) is 11.9 Å². The van der Waals surface area contributed by atoms with Crippen molar-refractivity contribution in [3.05, 3.63) is 5.82 Å². The second-order valence-electron chi connectivity index (χ2n) is 5.43. The predicted octanol–water partition coefficient (Wildman–Crippen LogP) is 3.33. The van der Waals surface area contributed by atoms with Crippen LogP contribution < -0.4 is 5.32 Å². The molecule has 0 aliphatic carbocycles. The van der Waals surface area contributed by atoms with Crippen molar-refractivity contribution < 1.29 is 9.26 Å². The Balaban J connectivity index is 2.94. The Hall–Kier alpha value is -1.10. The largest absolute Gasteiger partial charge is 0.367 e. The number of hydrogen-bond acceptors (Lipinski definition) is 5. The molecular formula is C13H25N3O2. The van der Waals surface area contributed by atoms with Crippen molar-refractivity contribution in [2.45, 2.75) is 65.5 Å². The quantitative estimate of drug-likeness (QED) is 0.844. The highest BCUT2D eigenvalue weighted by Gasteiger charge is 2.34. The topological polar surface area (TPSA) is 60.2 Å². The fourth-order valence-electron chi connectivity index (χ4n) is 1.89. The Labute approximate surface area is 109 Å².